The third-order valence-electron chi connectivity index (χ3n) is 2.75. The highest BCUT2D eigenvalue weighted by atomic mass is 16.5. The summed E-state index contributed by atoms with van der Waals surface area (Å²) in [5.74, 6) is 0.141. The first kappa shape index (κ1) is 11.4. The minimum Gasteiger partial charge on any atom is -0.478 e. The molecule has 86 valence electrons. The third-order valence-corrected chi connectivity index (χ3v) is 2.75. The number of carbonyl (C=O) groups is 1. The van der Waals surface area contributed by atoms with Gasteiger partial charge in [0.15, 0.2) is 5.60 Å². The van der Waals surface area contributed by atoms with Gasteiger partial charge < -0.3 is 4.74 Å². The van der Waals surface area contributed by atoms with E-state index >= 15 is 0 Å². The second-order valence-corrected chi connectivity index (χ2v) is 4.63. The van der Waals surface area contributed by atoms with E-state index in [1.54, 1.807) is 13.8 Å². The zero-order chi connectivity index (χ0) is 12.6. The largest absolute Gasteiger partial charge is 0.478 e. The smallest absolute Gasteiger partial charge is 0.220 e. The summed E-state index contributed by atoms with van der Waals surface area (Å²) in [5, 5.41) is 9.06. The van der Waals surface area contributed by atoms with E-state index in [1.807, 2.05) is 37.3 Å². The van der Waals surface area contributed by atoms with Crippen LogP contribution in [0.5, 0.6) is 0 Å². The predicted molar refractivity (Wildman–Crippen MR) is 63.9 cm³/mol. The van der Waals surface area contributed by atoms with Crippen LogP contribution in [0.2, 0.25) is 0 Å². The Labute approximate surface area is 100 Å². The van der Waals surface area contributed by atoms with Crippen molar-refractivity contribution in [2.24, 2.45) is 0 Å². The summed E-state index contributed by atoms with van der Waals surface area (Å²) in [6.07, 6.45) is 0. The maximum atomic E-state index is 11.9. The Morgan fingerprint density at radius 3 is 2.65 bits per heavy atom. The highest BCUT2D eigenvalue weighted by molar-refractivity contribution is 6.12. The van der Waals surface area contributed by atoms with E-state index in [4.69, 9.17) is 10.00 Å². The highest BCUT2D eigenvalue weighted by Crippen LogP contribution is 2.35. The number of rotatable bonds is 1. The third kappa shape index (κ3) is 1.83. The number of nitrogens with zero attached hydrogens (tertiary/aromatic N) is 1. The van der Waals surface area contributed by atoms with Gasteiger partial charge in [-0.25, -0.2) is 0 Å². The van der Waals surface area contributed by atoms with Gasteiger partial charge in [0.1, 0.15) is 17.4 Å². The molecule has 0 aliphatic carbocycles. The molecule has 0 saturated heterocycles. The van der Waals surface area contributed by atoms with E-state index in [1.165, 1.54) is 0 Å². The maximum absolute atomic E-state index is 11.9. The Bertz CT molecular complexity index is 562. The highest BCUT2D eigenvalue weighted by Gasteiger charge is 2.42. The van der Waals surface area contributed by atoms with Gasteiger partial charge in [-0.15, -0.1) is 0 Å². The molecule has 0 atom stereocenters. The van der Waals surface area contributed by atoms with Crippen LogP contribution in [0, 0.1) is 18.3 Å². The quantitative estimate of drug-likeness (QED) is 0.741. The molecule has 0 aromatic heterocycles. The van der Waals surface area contributed by atoms with Crippen molar-refractivity contribution in [3.05, 3.63) is 41.0 Å². The second kappa shape index (κ2) is 3.74. The number of ether oxygens (including phenoxy) is 1. The van der Waals surface area contributed by atoms with Crippen molar-refractivity contribution in [3.8, 4) is 6.07 Å². The van der Waals surface area contributed by atoms with Crippen molar-refractivity contribution in [2.75, 3.05) is 0 Å². The monoisotopic (exact) mass is 227 g/mol. The number of nitriles is 1. The minimum absolute atomic E-state index is 0.112. The normalized spacial score (nSPS) is 17.9. The molecule has 0 N–H and O–H groups in total. The summed E-state index contributed by atoms with van der Waals surface area (Å²) < 4.78 is 5.61. The van der Waals surface area contributed by atoms with Crippen LogP contribution < -0.4 is 0 Å². The molecular weight excluding hydrogens is 214 g/mol. The minimum atomic E-state index is -0.940. The molecule has 0 spiro atoms. The van der Waals surface area contributed by atoms with Crippen LogP contribution in [-0.2, 0) is 9.53 Å². The van der Waals surface area contributed by atoms with Gasteiger partial charge in [0.2, 0.25) is 5.78 Å². The molecule has 1 heterocycles. The van der Waals surface area contributed by atoms with Crippen LogP contribution in [0.4, 0.5) is 0 Å². The Balaban J connectivity index is 2.56. The first-order valence-electron chi connectivity index (χ1n) is 5.41. The standard InChI is InChI=1S/C14H13NO2/c1-9-5-4-6-10(7-9)12-11(8-15)13(16)14(2,3)17-12/h4-7H,1-3H3. The first-order valence-corrected chi connectivity index (χ1v) is 5.41. The molecule has 2 rings (SSSR count). The Morgan fingerprint density at radius 1 is 1.35 bits per heavy atom. The van der Waals surface area contributed by atoms with Crippen LogP contribution in [0.3, 0.4) is 0 Å². The predicted octanol–water partition coefficient (Wildman–Crippen LogP) is 2.61. The van der Waals surface area contributed by atoms with Gasteiger partial charge in [0.05, 0.1) is 0 Å². The number of benzene rings is 1. The molecule has 0 bridgehead atoms. The van der Waals surface area contributed by atoms with E-state index in [0.717, 1.165) is 11.1 Å². The number of hydrogen-bond acceptors (Lipinski definition) is 3. The van der Waals surface area contributed by atoms with Crippen molar-refractivity contribution < 1.29 is 9.53 Å². The fourth-order valence-electron chi connectivity index (χ4n) is 1.85. The van der Waals surface area contributed by atoms with Gasteiger partial charge in [-0.3, -0.25) is 4.79 Å². The first-order chi connectivity index (χ1) is 7.95. The van der Waals surface area contributed by atoms with Gasteiger partial charge >= 0.3 is 0 Å². The van der Waals surface area contributed by atoms with Crippen LogP contribution in [-0.4, -0.2) is 11.4 Å². The van der Waals surface area contributed by atoms with Crippen LogP contribution in [0.25, 0.3) is 5.76 Å². The van der Waals surface area contributed by atoms with Crippen LogP contribution in [0.15, 0.2) is 29.8 Å². The lowest BCUT2D eigenvalue weighted by molar-refractivity contribution is -0.126. The fraction of sp³-hybridized carbons (Fsp3) is 0.286. The van der Waals surface area contributed by atoms with E-state index < -0.39 is 5.60 Å². The average molecular weight is 227 g/mol. The van der Waals surface area contributed by atoms with Gasteiger partial charge in [-0.1, -0.05) is 23.8 Å². The Kier molecular flexibility index (Phi) is 2.51. The van der Waals surface area contributed by atoms with E-state index in [2.05, 4.69) is 0 Å². The SMILES string of the molecule is Cc1cccc(C2=C(C#N)C(=O)C(C)(C)O2)c1. The van der Waals surface area contributed by atoms with Gasteiger partial charge in [-0.2, -0.15) is 5.26 Å². The molecule has 1 aromatic carbocycles. The van der Waals surface area contributed by atoms with Crippen molar-refractivity contribution in [3.63, 3.8) is 0 Å². The molecule has 0 fully saturated rings. The second-order valence-electron chi connectivity index (χ2n) is 4.63. The number of Topliss-reactive ketones (excluding diaryl/α,β-unsaturated/α-hetero) is 1. The summed E-state index contributed by atoms with van der Waals surface area (Å²) in [5.41, 5.74) is 1.01. The number of aryl methyl sites for hydroxylation is 1. The summed E-state index contributed by atoms with van der Waals surface area (Å²) in [6.45, 7) is 5.31. The fourth-order valence-corrected chi connectivity index (χ4v) is 1.85. The number of hydrogen-bond donors (Lipinski definition) is 0. The summed E-state index contributed by atoms with van der Waals surface area (Å²) in [6, 6.07) is 9.53. The number of carbonyl (C=O) groups excluding carboxylic acids is 1. The van der Waals surface area contributed by atoms with Crippen molar-refractivity contribution >= 4 is 11.5 Å². The maximum Gasteiger partial charge on any atom is 0.220 e. The van der Waals surface area contributed by atoms with Crippen LogP contribution in [0.1, 0.15) is 25.0 Å². The summed E-state index contributed by atoms with van der Waals surface area (Å²) >= 11 is 0. The Morgan fingerprint density at radius 2 is 2.06 bits per heavy atom. The molecule has 1 aliphatic rings. The molecule has 1 aliphatic heterocycles. The zero-order valence-corrected chi connectivity index (χ0v) is 10.1. The number of ketones is 1. The molecule has 3 heteroatoms. The zero-order valence-electron chi connectivity index (χ0n) is 10.1. The molecule has 0 amide bonds. The summed E-state index contributed by atoms with van der Waals surface area (Å²) in [4.78, 5) is 11.9. The topological polar surface area (TPSA) is 50.1 Å². The van der Waals surface area contributed by atoms with Gasteiger partial charge in [-0.05, 0) is 26.8 Å². The van der Waals surface area contributed by atoms with Crippen molar-refractivity contribution in [2.45, 2.75) is 26.4 Å². The molecule has 17 heavy (non-hydrogen) atoms. The molecule has 0 unspecified atom stereocenters. The molecule has 0 saturated carbocycles. The van der Waals surface area contributed by atoms with Crippen molar-refractivity contribution in [1.29, 1.82) is 5.26 Å². The molecule has 3 nitrogen and oxygen atoms in total. The van der Waals surface area contributed by atoms with Crippen LogP contribution >= 0.6 is 0 Å². The molecule has 1 aromatic rings. The Hall–Kier alpha value is -2.08. The van der Waals surface area contributed by atoms with Gasteiger partial charge in [0.25, 0.3) is 0 Å². The summed E-state index contributed by atoms with van der Waals surface area (Å²) in [7, 11) is 0. The van der Waals surface area contributed by atoms with E-state index in [-0.39, 0.29) is 11.4 Å². The lowest BCUT2D eigenvalue weighted by Gasteiger charge is -2.17. The van der Waals surface area contributed by atoms with E-state index in [9.17, 15) is 4.79 Å². The lowest BCUT2D eigenvalue weighted by Crippen LogP contribution is -2.29. The van der Waals surface area contributed by atoms with E-state index in [0.29, 0.717) is 5.76 Å². The average Bonchev–Trinajstić information content (AvgIpc) is 2.50. The lowest BCUT2D eigenvalue weighted by atomic mass is 9.99. The van der Waals surface area contributed by atoms with Crippen molar-refractivity contribution in [1.82, 2.24) is 0 Å². The molecular formula is C14H13NO2. The van der Waals surface area contributed by atoms with Gasteiger partial charge in [0, 0.05) is 5.56 Å². The molecule has 0 radical (unpaired) electrons.